The molecule has 0 saturated heterocycles. The van der Waals surface area contributed by atoms with Crippen molar-refractivity contribution < 1.29 is 5.11 Å². The highest BCUT2D eigenvalue weighted by atomic mass is 32.2. The van der Waals surface area contributed by atoms with Crippen LogP contribution in [0.3, 0.4) is 0 Å². The summed E-state index contributed by atoms with van der Waals surface area (Å²) in [6, 6.07) is 7.12. The molecule has 0 spiro atoms. The highest BCUT2D eigenvalue weighted by molar-refractivity contribution is 7.99. The van der Waals surface area contributed by atoms with Gasteiger partial charge in [0.1, 0.15) is 0 Å². The van der Waals surface area contributed by atoms with E-state index in [1.54, 1.807) is 11.1 Å². The third kappa shape index (κ3) is 4.25. The molecule has 3 rings (SSSR count). The number of aliphatic hydroxyl groups excluding tert-OH is 1. The molecule has 0 radical (unpaired) electrons. The molecule has 0 aliphatic heterocycles. The largest absolute Gasteiger partial charge is 0.394 e. The molecule has 3 N–H and O–H groups in total. The second-order valence-electron chi connectivity index (χ2n) is 7.75. The Labute approximate surface area is 150 Å². The van der Waals surface area contributed by atoms with Crippen molar-refractivity contribution in [3.63, 3.8) is 0 Å². The second kappa shape index (κ2) is 8.07. The fourth-order valence-electron chi connectivity index (χ4n) is 4.35. The van der Waals surface area contributed by atoms with Crippen molar-refractivity contribution >= 4 is 11.8 Å². The lowest BCUT2D eigenvalue weighted by Crippen LogP contribution is -2.40. The van der Waals surface area contributed by atoms with Crippen LogP contribution in [0.4, 0.5) is 0 Å². The number of thioether (sulfide) groups is 1. The van der Waals surface area contributed by atoms with E-state index in [2.05, 4.69) is 24.8 Å². The van der Waals surface area contributed by atoms with E-state index in [4.69, 9.17) is 5.73 Å². The van der Waals surface area contributed by atoms with E-state index >= 15 is 0 Å². The molecule has 0 heterocycles. The predicted octanol–water partition coefficient (Wildman–Crippen LogP) is 4.06. The van der Waals surface area contributed by atoms with Crippen molar-refractivity contribution in [3.8, 4) is 0 Å². The fraction of sp³-hybridized carbons (Fsp3) is 0.619. The number of benzene rings is 1. The van der Waals surface area contributed by atoms with E-state index in [9.17, 15) is 5.11 Å². The number of hydrogen-bond donors (Lipinski definition) is 2. The zero-order chi connectivity index (χ0) is 17.0. The highest BCUT2D eigenvalue weighted by Crippen LogP contribution is 2.40. The summed E-state index contributed by atoms with van der Waals surface area (Å²) in [5.41, 5.74) is 10.5. The van der Waals surface area contributed by atoms with Gasteiger partial charge in [-0.15, -0.1) is 6.58 Å². The smallest absolute Gasteiger partial charge is 0.0611 e. The van der Waals surface area contributed by atoms with Crippen molar-refractivity contribution in [1.82, 2.24) is 0 Å². The Morgan fingerprint density at radius 2 is 2.21 bits per heavy atom. The first-order chi connectivity index (χ1) is 11.6. The van der Waals surface area contributed by atoms with Gasteiger partial charge in [-0.2, -0.15) is 11.8 Å². The molecule has 1 aromatic rings. The van der Waals surface area contributed by atoms with Gasteiger partial charge in [0, 0.05) is 11.3 Å². The van der Waals surface area contributed by atoms with Crippen molar-refractivity contribution in [2.45, 2.75) is 56.4 Å². The number of nitrogens with two attached hydrogens (primary N) is 1. The zero-order valence-electron chi connectivity index (χ0n) is 14.7. The van der Waals surface area contributed by atoms with E-state index in [-0.39, 0.29) is 12.1 Å². The molecule has 3 heteroatoms. The van der Waals surface area contributed by atoms with Crippen LogP contribution in [0.15, 0.2) is 30.9 Å². The maximum atomic E-state index is 9.48. The van der Waals surface area contributed by atoms with Crippen LogP contribution < -0.4 is 5.73 Å². The van der Waals surface area contributed by atoms with Crippen molar-refractivity contribution in [2.24, 2.45) is 11.7 Å². The zero-order valence-corrected chi connectivity index (χ0v) is 15.5. The van der Waals surface area contributed by atoms with Crippen LogP contribution in [0, 0.1) is 5.92 Å². The molecule has 0 unspecified atom stereocenters. The molecule has 2 nitrogen and oxygen atoms in total. The Morgan fingerprint density at radius 3 is 2.96 bits per heavy atom. The molecule has 3 atom stereocenters. The summed E-state index contributed by atoms with van der Waals surface area (Å²) < 4.78 is 0. The Bertz CT molecular complexity index is 573. The normalized spacial score (nSPS) is 29.4. The highest BCUT2D eigenvalue weighted by Gasteiger charge is 2.36. The Morgan fingerprint density at radius 1 is 1.33 bits per heavy atom. The fourth-order valence-corrected chi connectivity index (χ4v) is 5.19. The minimum Gasteiger partial charge on any atom is -0.394 e. The molecule has 0 aromatic heterocycles. The van der Waals surface area contributed by atoms with Crippen LogP contribution in [0.25, 0.3) is 0 Å². The van der Waals surface area contributed by atoms with Crippen LogP contribution in [0.5, 0.6) is 0 Å². The third-order valence-corrected chi connectivity index (χ3v) is 6.89. The topological polar surface area (TPSA) is 46.2 Å². The molecule has 1 aromatic carbocycles. The Balaban J connectivity index is 1.59. The molecule has 1 saturated carbocycles. The lowest BCUT2D eigenvalue weighted by atomic mass is 9.80. The van der Waals surface area contributed by atoms with Crippen LogP contribution in [-0.4, -0.2) is 28.8 Å². The summed E-state index contributed by atoms with van der Waals surface area (Å²) >= 11 is 2.00. The van der Waals surface area contributed by atoms with Gasteiger partial charge in [0.05, 0.1) is 6.61 Å². The van der Waals surface area contributed by atoms with Gasteiger partial charge >= 0.3 is 0 Å². The molecule has 2 aliphatic rings. The van der Waals surface area contributed by atoms with Crippen molar-refractivity contribution in [3.05, 3.63) is 47.5 Å². The summed E-state index contributed by atoms with van der Waals surface area (Å²) in [5, 5.41) is 9.48. The van der Waals surface area contributed by atoms with E-state index in [0.717, 1.165) is 30.9 Å². The van der Waals surface area contributed by atoms with Crippen LogP contribution >= 0.6 is 11.8 Å². The molecule has 24 heavy (non-hydrogen) atoms. The maximum Gasteiger partial charge on any atom is 0.0611 e. The summed E-state index contributed by atoms with van der Waals surface area (Å²) in [4.78, 5) is 0. The molecule has 0 bridgehead atoms. The molecule has 132 valence electrons. The number of aryl methyl sites for hydroxylation is 1. The lowest BCUT2D eigenvalue weighted by Gasteiger charge is -2.26. The maximum absolute atomic E-state index is 9.48. The summed E-state index contributed by atoms with van der Waals surface area (Å²) in [7, 11) is 0. The standard InChI is InChI=1S/C21H31NOS/c1-2-10-24-11-8-16-3-4-18-13-19(6-5-17(18)12-16)20-7-9-21(22,14-20)15-23/h2,5-6,13,16,20,23H,1,3-4,7-12,14-15,22H2/t16-,20-,21+/m0/s1. The van der Waals surface area contributed by atoms with Gasteiger partial charge in [-0.25, -0.2) is 0 Å². The molecule has 2 aliphatic carbocycles. The van der Waals surface area contributed by atoms with Gasteiger partial charge in [-0.1, -0.05) is 24.3 Å². The summed E-state index contributed by atoms with van der Waals surface area (Å²) in [5.74, 6) is 3.70. The van der Waals surface area contributed by atoms with E-state index in [1.807, 2.05) is 17.8 Å². The minimum atomic E-state index is -0.352. The van der Waals surface area contributed by atoms with E-state index in [0.29, 0.717) is 5.92 Å². The number of hydrogen-bond acceptors (Lipinski definition) is 3. The summed E-state index contributed by atoms with van der Waals surface area (Å²) in [6.45, 7) is 3.90. The molecular formula is C21H31NOS. The molecular weight excluding hydrogens is 314 g/mol. The first-order valence-corrected chi connectivity index (χ1v) is 10.5. The van der Waals surface area contributed by atoms with Gasteiger partial charge in [-0.3, -0.25) is 0 Å². The monoisotopic (exact) mass is 345 g/mol. The van der Waals surface area contributed by atoms with Crippen LogP contribution in [0.2, 0.25) is 0 Å². The Kier molecular flexibility index (Phi) is 6.07. The quantitative estimate of drug-likeness (QED) is 0.579. The van der Waals surface area contributed by atoms with E-state index < -0.39 is 0 Å². The molecule has 1 fully saturated rings. The predicted molar refractivity (Wildman–Crippen MR) is 105 cm³/mol. The minimum absolute atomic E-state index is 0.111. The number of aliphatic hydroxyl groups is 1. The SMILES string of the molecule is C=CCSCC[C@@H]1CCc2cc([C@H]3CC[C@](N)(CO)C3)ccc2C1. The molecule has 0 amide bonds. The van der Waals surface area contributed by atoms with Gasteiger partial charge in [-0.05, 0) is 79.2 Å². The number of fused-ring (bicyclic) bond motifs is 1. The second-order valence-corrected chi connectivity index (χ2v) is 8.90. The first-order valence-electron chi connectivity index (χ1n) is 9.33. The van der Waals surface area contributed by atoms with Gasteiger partial charge < -0.3 is 10.8 Å². The average molecular weight is 346 g/mol. The average Bonchev–Trinajstić information content (AvgIpc) is 3.01. The third-order valence-electron chi connectivity index (χ3n) is 5.90. The Hall–Kier alpha value is -0.770. The van der Waals surface area contributed by atoms with Gasteiger partial charge in [0.15, 0.2) is 0 Å². The van der Waals surface area contributed by atoms with Crippen molar-refractivity contribution in [1.29, 1.82) is 0 Å². The van der Waals surface area contributed by atoms with Gasteiger partial charge in [0.25, 0.3) is 0 Å². The van der Waals surface area contributed by atoms with Crippen LogP contribution in [0.1, 0.15) is 54.7 Å². The first kappa shape index (κ1) is 18.0. The van der Waals surface area contributed by atoms with E-state index in [1.165, 1.54) is 37.0 Å². The van der Waals surface area contributed by atoms with Crippen LogP contribution in [-0.2, 0) is 12.8 Å². The number of rotatable bonds is 7. The lowest BCUT2D eigenvalue weighted by molar-refractivity contribution is 0.198. The summed E-state index contributed by atoms with van der Waals surface area (Å²) in [6.07, 6.45) is 10.1. The van der Waals surface area contributed by atoms with Crippen molar-refractivity contribution in [2.75, 3.05) is 18.1 Å². The van der Waals surface area contributed by atoms with Gasteiger partial charge in [0.2, 0.25) is 0 Å².